The van der Waals surface area contributed by atoms with Gasteiger partial charge in [0, 0.05) is 12.7 Å². The number of nitrogens with one attached hydrogen (secondary N) is 1. The van der Waals surface area contributed by atoms with Gasteiger partial charge in [-0.25, -0.2) is 0 Å². The van der Waals surface area contributed by atoms with E-state index in [1.54, 1.807) is 6.20 Å². The van der Waals surface area contributed by atoms with Gasteiger partial charge < -0.3 is 16.3 Å². The van der Waals surface area contributed by atoms with E-state index in [0.717, 1.165) is 12.1 Å². The normalized spacial score (nSPS) is 12.1. The molecule has 0 fully saturated rings. The van der Waals surface area contributed by atoms with Gasteiger partial charge in [-0.05, 0) is 24.1 Å². The van der Waals surface area contributed by atoms with Gasteiger partial charge in [-0.3, -0.25) is 4.98 Å². The number of pyridine rings is 1. The molecule has 5 nitrogen and oxygen atoms in total. The van der Waals surface area contributed by atoms with Crippen LogP contribution in [-0.4, -0.2) is 22.6 Å². The topological polar surface area (TPSA) is 83.5 Å². The molecule has 16 heavy (non-hydrogen) atoms. The van der Waals surface area contributed by atoms with Gasteiger partial charge in [-0.15, -0.1) is 0 Å². The molecular weight excluding hydrogens is 204 g/mol. The summed E-state index contributed by atoms with van der Waals surface area (Å²) in [6, 6.07) is 3.74. The zero-order chi connectivity index (χ0) is 12.0. The maximum Gasteiger partial charge on any atom is 0.189 e. The Morgan fingerprint density at radius 2 is 2.38 bits per heavy atom. The van der Waals surface area contributed by atoms with E-state index in [-0.39, 0.29) is 5.84 Å². The second kappa shape index (κ2) is 6.07. The van der Waals surface area contributed by atoms with Crippen LogP contribution in [0, 0.1) is 5.92 Å². The van der Waals surface area contributed by atoms with Crippen LogP contribution < -0.4 is 11.1 Å². The van der Waals surface area contributed by atoms with Crippen LogP contribution in [0.4, 0.5) is 0 Å². The molecule has 0 aromatic carbocycles. The van der Waals surface area contributed by atoms with Gasteiger partial charge in [0.2, 0.25) is 0 Å². The van der Waals surface area contributed by atoms with Gasteiger partial charge >= 0.3 is 0 Å². The summed E-state index contributed by atoms with van der Waals surface area (Å²) in [7, 11) is 0. The van der Waals surface area contributed by atoms with Crippen molar-refractivity contribution in [1.29, 1.82) is 0 Å². The van der Waals surface area contributed by atoms with Crippen molar-refractivity contribution in [3.8, 4) is 0 Å². The van der Waals surface area contributed by atoms with E-state index in [2.05, 4.69) is 29.3 Å². The molecule has 0 unspecified atom stereocenters. The molecule has 0 saturated carbocycles. The van der Waals surface area contributed by atoms with Crippen LogP contribution in [0.1, 0.15) is 25.1 Å². The minimum absolute atomic E-state index is 0.0435. The predicted molar refractivity (Wildman–Crippen MR) is 63.3 cm³/mol. The van der Waals surface area contributed by atoms with Crippen LogP contribution in [-0.2, 0) is 6.54 Å². The smallest absolute Gasteiger partial charge is 0.189 e. The fraction of sp³-hybridized carbons (Fsp3) is 0.455. The first-order chi connectivity index (χ1) is 7.65. The quantitative estimate of drug-likeness (QED) is 0.299. The summed E-state index contributed by atoms with van der Waals surface area (Å²) in [5, 5.41) is 14.9. The first kappa shape index (κ1) is 12.4. The molecule has 5 heteroatoms. The molecule has 0 aliphatic rings. The summed E-state index contributed by atoms with van der Waals surface area (Å²) >= 11 is 0. The van der Waals surface area contributed by atoms with Crippen LogP contribution in [0.5, 0.6) is 0 Å². The molecule has 4 N–H and O–H groups in total. The summed E-state index contributed by atoms with van der Waals surface area (Å²) < 4.78 is 0. The fourth-order valence-corrected chi connectivity index (χ4v) is 1.35. The fourth-order valence-electron chi connectivity index (χ4n) is 1.35. The van der Waals surface area contributed by atoms with E-state index < -0.39 is 0 Å². The highest BCUT2D eigenvalue weighted by atomic mass is 16.4. The largest absolute Gasteiger partial charge is 0.409 e. The second-order valence-corrected chi connectivity index (χ2v) is 4.02. The van der Waals surface area contributed by atoms with Crippen molar-refractivity contribution in [2.75, 3.05) is 6.54 Å². The molecule has 0 saturated heterocycles. The van der Waals surface area contributed by atoms with E-state index in [4.69, 9.17) is 10.9 Å². The molecule has 1 heterocycles. The Balaban J connectivity index is 2.72. The van der Waals surface area contributed by atoms with Gasteiger partial charge in [-0.2, -0.15) is 0 Å². The number of amidine groups is 1. The number of nitrogens with zero attached hydrogens (tertiary/aromatic N) is 2. The highest BCUT2D eigenvalue weighted by Gasteiger charge is 2.07. The summed E-state index contributed by atoms with van der Waals surface area (Å²) in [5.41, 5.74) is 6.99. The standard InChI is InChI=1S/C11H18N4O/c1-8(2)6-13-7-9-4-3-5-14-10(9)11(12)15-16/h3-5,8,13,16H,6-7H2,1-2H3,(H2,12,15). The first-order valence-electron chi connectivity index (χ1n) is 5.27. The third kappa shape index (κ3) is 3.51. The molecule has 0 atom stereocenters. The van der Waals surface area contributed by atoms with Gasteiger partial charge in [0.1, 0.15) is 5.69 Å². The Morgan fingerprint density at radius 1 is 1.62 bits per heavy atom. The number of nitrogens with two attached hydrogens (primary N) is 1. The lowest BCUT2D eigenvalue weighted by Gasteiger charge is -2.09. The zero-order valence-electron chi connectivity index (χ0n) is 9.64. The van der Waals surface area contributed by atoms with Crippen LogP contribution >= 0.6 is 0 Å². The minimum atomic E-state index is 0.0435. The van der Waals surface area contributed by atoms with E-state index in [1.807, 2.05) is 12.1 Å². The number of hydrogen-bond donors (Lipinski definition) is 3. The molecular formula is C11H18N4O. The molecule has 0 bridgehead atoms. The van der Waals surface area contributed by atoms with Crippen molar-refractivity contribution < 1.29 is 5.21 Å². The maximum absolute atomic E-state index is 8.63. The molecule has 0 aliphatic carbocycles. The third-order valence-corrected chi connectivity index (χ3v) is 2.11. The van der Waals surface area contributed by atoms with E-state index >= 15 is 0 Å². The Labute approximate surface area is 95.4 Å². The Morgan fingerprint density at radius 3 is 3.00 bits per heavy atom. The lowest BCUT2D eigenvalue weighted by atomic mass is 10.1. The van der Waals surface area contributed by atoms with E-state index in [0.29, 0.717) is 18.2 Å². The molecule has 0 radical (unpaired) electrons. The van der Waals surface area contributed by atoms with Gasteiger partial charge in [0.15, 0.2) is 5.84 Å². The highest BCUT2D eigenvalue weighted by molar-refractivity contribution is 5.96. The van der Waals surface area contributed by atoms with Crippen LogP contribution in [0.3, 0.4) is 0 Å². The number of rotatable bonds is 5. The summed E-state index contributed by atoms with van der Waals surface area (Å²) in [6.07, 6.45) is 1.62. The van der Waals surface area contributed by atoms with Crippen molar-refractivity contribution in [2.45, 2.75) is 20.4 Å². The van der Waals surface area contributed by atoms with Gasteiger partial charge in [-0.1, -0.05) is 25.1 Å². The van der Waals surface area contributed by atoms with Crippen LogP contribution in [0.15, 0.2) is 23.5 Å². The maximum atomic E-state index is 8.63. The lowest BCUT2D eigenvalue weighted by Crippen LogP contribution is -2.23. The summed E-state index contributed by atoms with van der Waals surface area (Å²) in [4.78, 5) is 4.09. The molecule has 1 aromatic rings. The molecule has 1 rings (SSSR count). The van der Waals surface area contributed by atoms with Crippen molar-refractivity contribution in [1.82, 2.24) is 10.3 Å². The molecule has 88 valence electrons. The molecule has 0 aliphatic heterocycles. The zero-order valence-corrected chi connectivity index (χ0v) is 9.64. The van der Waals surface area contributed by atoms with Crippen molar-refractivity contribution in [3.63, 3.8) is 0 Å². The molecule has 1 aromatic heterocycles. The monoisotopic (exact) mass is 222 g/mol. The highest BCUT2D eigenvalue weighted by Crippen LogP contribution is 2.04. The first-order valence-corrected chi connectivity index (χ1v) is 5.27. The second-order valence-electron chi connectivity index (χ2n) is 4.02. The number of oxime groups is 1. The Bertz CT molecular complexity index is 363. The van der Waals surface area contributed by atoms with E-state index in [9.17, 15) is 0 Å². The predicted octanol–water partition coefficient (Wildman–Crippen LogP) is 0.922. The summed E-state index contributed by atoms with van der Waals surface area (Å²) in [6.45, 7) is 5.86. The lowest BCUT2D eigenvalue weighted by molar-refractivity contribution is 0.318. The van der Waals surface area contributed by atoms with Crippen molar-refractivity contribution in [2.24, 2.45) is 16.8 Å². The van der Waals surface area contributed by atoms with Gasteiger partial charge in [0.25, 0.3) is 0 Å². The van der Waals surface area contributed by atoms with Crippen molar-refractivity contribution >= 4 is 5.84 Å². The van der Waals surface area contributed by atoms with Crippen molar-refractivity contribution in [3.05, 3.63) is 29.6 Å². The molecule has 0 amide bonds. The minimum Gasteiger partial charge on any atom is -0.409 e. The third-order valence-electron chi connectivity index (χ3n) is 2.11. The number of aromatic nitrogens is 1. The van der Waals surface area contributed by atoms with Crippen LogP contribution in [0.25, 0.3) is 0 Å². The van der Waals surface area contributed by atoms with Gasteiger partial charge in [0.05, 0.1) is 0 Å². The average Bonchev–Trinajstić information content (AvgIpc) is 2.28. The Hall–Kier alpha value is -1.62. The SMILES string of the molecule is CC(C)CNCc1cccnc1C(N)=NO. The molecule has 0 spiro atoms. The number of hydrogen-bond acceptors (Lipinski definition) is 4. The Kier molecular flexibility index (Phi) is 4.72. The summed E-state index contributed by atoms with van der Waals surface area (Å²) in [5.74, 6) is 0.630. The van der Waals surface area contributed by atoms with E-state index in [1.165, 1.54) is 0 Å². The van der Waals surface area contributed by atoms with Crippen LogP contribution in [0.2, 0.25) is 0 Å². The average molecular weight is 222 g/mol.